The number of carbonyl (C=O) groups excluding carboxylic acids is 5. The van der Waals surface area contributed by atoms with E-state index in [2.05, 4.69) is 10.6 Å². The van der Waals surface area contributed by atoms with Crippen LogP contribution < -0.4 is 20.4 Å². The number of anilines is 2. The van der Waals surface area contributed by atoms with Gasteiger partial charge < -0.3 is 30.4 Å². The van der Waals surface area contributed by atoms with Crippen LogP contribution in [0.2, 0.25) is 0 Å². The number of carbonyl (C=O) groups is 6. The summed E-state index contributed by atoms with van der Waals surface area (Å²) in [4.78, 5) is 87.4. The zero-order valence-corrected chi connectivity index (χ0v) is 37.8. The van der Waals surface area contributed by atoms with Crippen LogP contribution in [0.4, 0.5) is 47.3 Å². The molecule has 0 fully saturated rings. The molecule has 72 heavy (non-hydrogen) atoms. The number of halogens is 6. The lowest BCUT2D eigenvalue weighted by Gasteiger charge is -2.34. The molecule has 370 valence electrons. The van der Waals surface area contributed by atoms with E-state index in [9.17, 15) is 70.7 Å². The average Bonchev–Trinajstić information content (AvgIpc) is 3.86. The predicted molar refractivity (Wildman–Crippen MR) is 243 cm³/mol. The number of carboxylic acids is 1. The number of urea groups is 2. The number of rotatable bonds is 15. The van der Waals surface area contributed by atoms with Crippen molar-refractivity contribution in [3.63, 3.8) is 0 Å². The standard InChI is InChI=1S/C50H41F6N9O7/c51-49(52,53)33-5-1-7-35(23-33)64-37-27-62(45(69)41(37)43(59-47(64)71)31-13-9-29(25-57)10-14-31)21-3-19-61(39(66)17-18-40(67)68)20-4-22-63-28-38-42(46(63)70)44(32-15-11-30(26-58)12-16-32)60-48(72)65(38)36-8-2-6-34(24-36)50(54,55)56/h1-2,5-16,23-24,43-44H,3-4,17-22,27-28H2,(H,59,71)(H,60,72)(H,67,68)/t43-,44-/m1/s1. The monoisotopic (exact) mass is 993 g/mol. The molecular formula is C50H41F6N9O7. The number of hydrogen-bond acceptors (Lipinski definition) is 8. The minimum absolute atomic E-state index is 0.0360. The normalized spacial score (nSPS) is 17.9. The Labute approximate surface area is 406 Å². The molecule has 2 atom stereocenters. The van der Waals surface area contributed by atoms with E-state index in [1.807, 2.05) is 12.1 Å². The Morgan fingerprint density at radius 3 is 1.39 bits per heavy atom. The molecule has 0 radical (unpaired) electrons. The first-order chi connectivity index (χ1) is 34.3. The molecule has 0 saturated carbocycles. The summed E-state index contributed by atoms with van der Waals surface area (Å²) in [6.45, 7) is -0.583. The number of hydrogen-bond donors (Lipinski definition) is 3. The van der Waals surface area contributed by atoms with Crippen LogP contribution in [0.25, 0.3) is 0 Å². The molecule has 7 amide bonds. The van der Waals surface area contributed by atoms with Gasteiger partial charge in [0.15, 0.2) is 0 Å². The van der Waals surface area contributed by atoms with E-state index in [0.717, 1.165) is 46.2 Å². The van der Waals surface area contributed by atoms with E-state index in [1.165, 1.54) is 51.1 Å². The number of aliphatic carboxylic acids is 1. The van der Waals surface area contributed by atoms with Crippen LogP contribution in [0.5, 0.6) is 0 Å². The Morgan fingerprint density at radius 1 is 0.625 bits per heavy atom. The number of nitriles is 2. The van der Waals surface area contributed by atoms with Crippen molar-refractivity contribution in [2.24, 2.45) is 0 Å². The van der Waals surface area contributed by atoms with E-state index in [0.29, 0.717) is 22.3 Å². The van der Waals surface area contributed by atoms with Crippen LogP contribution in [0.3, 0.4) is 0 Å². The average molecular weight is 994 g/mol. The van der Waals surface area contributed by atoms with Gasteiger partial charge in [-0.15, -0.1) is 0 Å². The van der Waals surface area contributed by atoms with Crippen LogP contribution in [0.15, 0.2) is 120 Å². The maximum absolute atomic E-state index is 14.3. The molecule has 0 aliphatic carbocycles. The Hall–Kier alpha value is -8.66. The van der Waals surface area contributed by atoms with Crippen LogP contribution in [-0.4, -0.2) is 94.8 Å². The largest absolute Gasteiger partial charge is 0.481 e. The van der Waals surface area contributed by atoms with Gasteiger partial charge in [0.05, 0.1) is 99.9 Å². The number of benzene rings is 4. The van der Waals surface area contributed by atoms with Gasteiger partial charge in [-0.05, 0) is 84.6 Å². The van der Waals surface area contributed by atoms with Crippen molar-refractivity contribution in [2.45, 2.75) is 50.1 Å². The third-order valence-corrected chi connectivity index (χ3v) is 12.6. The molecular weight excluding hydrogens is 953 g/mol. The first-order valence-corrected chi connectivity index (χ1v) is 22.4. The Bertz CT molecular complexity index is 2830. The zero-order valence-electron chi connectivity index (χ0n) is 37.8. The van der Waals surface area contributed by atoms with Gasteiger partial charge in [0.1, 0.15) is 0 Å². The fraction of sp³-hybridized carbons (Fsp3) is 0.280. The third kappa shape index (κ3) is 10.1. The van der Waals surface area contributed by atoms with E-state index >= 15 is 0 Å². The summed E-state index contributed by atoms with van der Waals surface area (Å²) in [6, 6.07) is 20.5. The van der Waals surface area contributed by atoms with E-state index in [4.69, 9.17) is 0 Å². The van der Waals surface area contributed by atoms with Gasteiger partial charge in [0.25, 0.3) is 11.8 Å². The lowest BCUT2D eigenvalue weighted by Crippen LogP contribution is -2.47. The highest BCUT2D eigenvalue weighted by atomic mass is 19.4. The maximum Gasteiger partial charge on any atom is 0.416 e. The number of nitrogens with one attached hydrogen (secondary N) is 2. The summed E-state index contributed by atoms with van der Waals surface area (Å²) in [5.74, 6) is -2.92. The number of nitrogens with zero attached hydrogens (tertiary/aromatic N) is 7. The van der Waals surface area contributed by atoms with Crippen molar-refractivity contribution in [2.75, 3.05) is 49.1 Å². The third-order valence-electron chi connectivity index (χ3n) is 12.6. The number of alkyl halides is 6. The summed E-state index contributed by atoms with van der Waals surface area (Å²) < 4.78 is 83.0. The van der Waals surface area contributed by atoms with Crippen molar-refractivity contribution in [1.29, 1.82) is 10.5 Å². The molecule has 4 aliphatic heterocycles. The second-order valence-electron chi connectivity index (χ2n) is 17.2. The van der Waals surface area contributed by atoms with Crippen molar-refractivity contribution in [1.82, 2.24) is 25.3 Å². The molecule has 4 aromatic carbocycles. The van der Waals surface area contributed by atoms with Gasteiger partial charge in [-0.2, -0.15) is 36.9 Å². The highest BCUT2D eigenvalue weighted by Crippen LogP contribution is 2.42. The molecule has 4 aromatic rings. The van der Waals surface area contributed by atoms with Gasteiger partial charge in [0, 0.05) is 32.6 Å². The van der Waals surface area contributed by atoms with Crippen LogP contribution >= 0.6 is 0 Å². The van der Waals surface area contributed by atoms with Crippen molar-refractivity contribution in [3.05, 3.63) is 153 Å². The lowest BCUT2D eigenvalue weighted by molar-refractivity contribution is -0.141. The van der Waals surface area contributed by atoms with Gasteiger partial charge in [-0.25, -0.2) is 9.59 Å². The number of amides is 7. The second kappa shape index (κ2) is 20.0. The quantitative estimate of drug-likeness (QED) is 0.101. The predicted octanol–water partition coefficient (Wildman–Crippen LogP) is 7.38. The molecule has 0 spiro atoms. The fourth-order valence-electron chi connectivity index (χ4n) is 9.18. The SMILES string of the molecule is N#Cc1ccc([C@H]2NC(=O)N(c3cccc(C(F)(F)F)c3)C3=C2C(=O)N(CCCN(CCCN2CC4=C(C2=O)[C@@H](c2ccc(C#N)cc2)NC(=O)N4c2cccc(C(F)(F)F)c2)C(=O)CCC(=O)O)C3)cc1. The highest BCUT2D eigenvalue weighted by molar-refractivity contribution is 6.08. The zero-order chi connectivity index (χ0) is 51.6. The molecule has 0 unspecified atom stereocenters. The van der Waals surface area contributed by atoms with Crippen molar-refractivity contribution in [3.8, 4) is 12.1 Å². The first-order valence-electron chi connectivity index (χ1n) is 22.4. The maximum atomic E-state index is 14.3. The van der Waals surface area contributed by atoms with Gasteiger partial charge in [0.2, 0.25) is 5.91 Å². The molecule has 3 N–H and O–H groups in total. The fourth-order valence-corrected chi connectivity index (χ4v) is 9.18. The summed E-state index contributed by atoms with van der Waals surface area (Å²) in [6.07, 6.45) is -10.2. The lowest BCUT2D eigenvalue weighted by atomic mass is 9.94. The molecule has 4 heterocycles. The van der Waals surface area contributed by atoms with Crippen LogP contribution in [0, 0.1) is 22.7 Å². The summed E-state index contributed by atoms with van der Waals surface area (Å²) in [7, 11) is 0. The smallest absolute Gasteiger partial charge is 0.416 e. The summed E-state index contributed by atoms with van der Waals surface area (Å²) >= 11 is 0. The number of carboxylic acid groups (broad SMARTS) is 1. The first kappa shape index (κ1) is 49.8. The Morgan fingerprint density at radius 2 is 1.03 bits per heavy atom. The molecule has 0 bridgehead atoms. The van der Waals surface area contributed by atoms with Crippen LogP contribution in [-0.2, 0) is 31.5 Å². The Balaban J connectivity index is 0.999. The molecule has 0 saturated heterocycles. The van der Waals surface area contributed by atoms with Gasteiger partial charge in [-0.3, -0.25) is 29.0 Å². The van der Waals surface area contributed by atoms with E-state index in [1.54, 1.807) is 24.3 Å². The molecule has 4 aliphatic rings. The molecule has 8 rings (SSSR count). The molecule has 16 nitrogen and oxygen atoms in total. The second-order valence-corrected chi connectivity index (χ2v) is 17.2. The summed E-state index contributed by atoms with van der Waals surface area (Å²) in [5, 5.41) is 33.5. The topological polar surface area (TPSA) is 210 Å². The van der Waals surface area contributed by atoms with Crippen LogP contribution in [0.1, 0.15) is 71.1 Å². The van der Waals surface area contributed by atoms with E-state index in [-0.39, 0.29) is 86.0 Å². The Kier molecular flexibility index (Phi) is 13.8. The van der Waals surface area contributed by atoms with Gasteiger partial charge in [-0.1, -0.05) is 36.4 Å². The minimum atomic E-state index is -4.75. The summed E-state index contributed by atoms with van der Waals surface area (Å²) in [5.41, 5.74) is -0.542. The molecule has 22 heteroatoms. The van der Waals surface area contributed by atoms with Crippen molar-refractivity contribution >= 4 is 47.1 Å². The van der Waals surface area contributed by atoms with Gasteiger partial charge >= 0.3 is 30.4 Å². The van der Waals surface area contributed by atoms with Crippen molar-refractivity contribution < 1.29 is 60.2 Å². The van der Waals surface area contributed by atoms with E-state index < -0.39 is 84.2 Å². The highest BCUT2D eigenvalue weighted by Gasteiger charge is 2.47. The minimum Gasteiger partial charge on any atom is -0.481 e. The molecule has 0 aromatic heterocycles.